The van der Waals surface area contributed by atoms with Gasteiger partial charge in [0.05, 0.1) is 26.9 Å². The van der Waals surface area contributed by atoms with Gasteiger partial charge in [-0.3, -0.25) is 4.79 Å². The Kier molecular flexibility index (Phi) is 5.18. The zero-order valence-electron chi connectivity index (χ0n) is 15.1. The van der Waals surface area contributed by atoms with Crippen molar-refractivity contribution in [3.63, 3.8) is 0 Å². The van der Waals surface area contributed by atoms with E-state index in [-0.39, 0.29) is 18.1 Å². The van der Waals surface area contributed by atoms with Crippen molar-refractivity contribution in [1.82, 2.24) is 0 Å². The van der Waals surface area contributed by atoms with Crippen LogP contribution in [0.25, 0.3) is 6.08 Å². The molecule has 0 bridgehead atoms. The van der Waals surface area contributed by atoms with Crippen LogP contribution in [-0.2, 0) is 0 Å². The molecule has 7 heteroatoms. The smallest absolute Gasteiger partial charge is 0.231 e. The van der Waals surface area contributed by atoms with E-state index in [0.717, 1.165) is 0 Å². The van der Waals surface area contributed by atoms with Crippen molar-refractivity contribution in [3.05, 3.63) is 47.2 Å². The molecule has 1 aliphatic rings. The van der Waals surface area contributed by atoms with Crippen molar-refractivity contribution in [2.24, 2.45) is 0 Å². The summed E-state index contributed by atoms with van der Waals surface area (Å²) in [6.07, 6.45) is 1.60. The van der Waals surface area contributed by atoms with E-state index in [9.17, 15) is 4.79 Å². The number of carbonyl (C=O) groups excluding carboxylic acids is 1. The molecule has 2 aromatic rings. The van der Waals surface area contributed by atoms with E-state index in [0.29, 0.717) is 39.9 Å². The number of ketones is 1. The predicted molar refractivity (Wildman–Crippen MR) is 96.6 cm³/mol. The van der Waals surface area contributed by atoms with Gasteiger partial charge in [-0.15, -0.1) is 0 Å². The molecule has 1 heterocycles. The number of fused-ring (bicyclic) bond motifs is 1. The van der Waals surface area contributed by atoms with Crippen molar-refractivity contribution < 1.29 is 28.5 Å². The zero-order valence-corrected chi connectivity index (χ0v) is 15.1. The summed E-state index contributed by atoms with van der Waals surface area (Å²) in [5.74, 6) is 2.16. The van der Waals surface area contributed by atoms with Gasteiger partial charge in [0.1, 0.15) is 17.6 Å². The predicted octanol–water partition coefficient (Wildman–Crippen LogP) is 3.23. The first-order valence-corrected chi connectivity index (χ1v) is 7.99. The van der Waals surface area contributed by atoms with Gasteiger partial charge in [-0.2, -0.15) is 5.26 Å². The van der Waals surface area contributed by atoms with Crippen molar-refractivity contribution in [2.75, 3.05) is 27.9 Å². The molecule has 3 rings (SSSR count). The molecule has 2 aromatic carbocycles. The van der Waals surface area contributed by atoms with Gasteiger partial charge >= 0.3 is 0 Å². The fourth-order valence-electron chi connectivity index (χ4n) is 2.71. The number of rotatable bonds is 6. The third-order valence-electron chi connectivity index (χ3n) is 3.93. The molecule has 0 fully saturated rings. The highest BCUT2D eigenvalue weighted by molar-refractivity contribution is 6.14. The van der Waals surface area contributed by atoms with Crippen molar-refractivity contribution in [2.45, 2.75) is 0 Å². The van der Waals surface area contributed by atoms with E-state index in [1.807, 2.05) is 6.07 Å². The number of ether oxygens (including phenoxy) is 5. The Bertz CT molecular complexity index is 932. The summed E-state index contributed by atoms with van der Waals surface area (Å²) in [6.45, 7) is -0.0825. The van der Waals surface area contributed by atoms with Crippen molar-refractivity contribution in [3.8, 4) is 34.8 Å². The van der Waals surface area contributed by atoms with Crippen LogP contribution in [0.15, 0.2) is 36.1 Å². The molecular formula is C20H17NO6. The topological polar surface area (TPSA) is 87.0 Å². The molecule has 1 aliphatic heterocycles. The third kappa shape index (κ3) is 3.51. The molecule has 0 amide bonds. The average Bonchev–Trinajstić information content (AvgIpc) is 3.00. The highest BCUT2D eigenvalue weighted by Gasteiger charge is 2.28. The number of methoxy groups -OCH3 is 3. The van der Waals surface area contributed by atoms with Crippen LogP contribution in [0.3, 0.4) is 0 Å². The Labute approximate surface area is 156 Å². The second kappa shape index (κ2) is 7.70. The summed E-state index contributed by atoms with van der Waals surface area (Å²) in [6, 6.07) is 10.1. The Hall–Kier alpha value is -3.66. The maximum Gasteiger partial charge on any atom is 0.231 e. The minimum atomic E-state index is -0.245. The number of allylic oxidation sites excluding steroid dienone is 1. The number of hydrogen-bond acceptors (Lipinski definition) is 7. The molecule has 0 N–H and O–H groups in total. The summed E-state index contributed by atoms with van der Waals surface area (Å²) in [7, 11) is 4.55. The SMILES string of the molecule is COc1cc(/C=C2/Oc3cc(OCC#N)ccc3C2=O)cc(OC)c1OC. The number of benzene rings is 2. The van der Waals surface area contributed by atoms with Gasteiger partial charge in [0, 0.05) is 6.07 Å². The molecule has 0 unspecified atom stereocenters. The van der Waals surface area contributed by atoms with Crippen LogP contribution in [0.4, 0.5) is 0 Å². The molecule has 7 nitrogen and oxygen atoms in total. The maximum absolute atomic E-state index is 12.6. The quantitative estimate of drug-likeness (QED) is 0.724. The Morgan fingerprint density at radius 3 is 2.37 bits per heavy atom. The number of nitriles is 1. The monoisotopic (exact) mass is 367 g/mol. The first kappa shape index (κ1) is 18.1. The first-order chi connectivity index (χ1) is 13.1. The van der Waals surface area contributed by atoms with Gasteiger partial charge < -0.3 is 23.7 Å². The fraction of sp³-hybridized carbons (Fsp3) is 0.200. The number of hydrogen-bond donors (Lipinski definition) is 0. The van der Waals surface area contributed by atoms with Crippen LogP contribution in [0, 0.1) is 11.3 Å². The highest BCUT2D eigenvalue weighted by Crippen LogP contribution is 2.40. The number of Topliss-reactive ketones (excluding diaryl/α,β-unsaturated/α-hetero) is 1. The maximum atomic E-state index is 12.6. The van der Waals surface area contributed by atoms with E-state index in [1.54, 1.807) is 36.4 Å². The lowest BCUT2D eigenvalue weighted by atomic mass is 10.1. The third-order valence-corrected chi connectivity index (χ3v) is 3.93. The molecule has 0 atom stereocenters. The number of carbonyl (C=O) groups is 1. The van der Waals surface area contributed by atoms with E-state index in [2.05, 4.69) is 0 Å². The summed E-state index contributed by atoms with van der Waals surface area (Å²) < 4.78 is 26.9. The lowest BCUT2D eigenvalue weighted by Crippen LogP contribution is -1.99. The standard InChI is InChI=1S/C20H17NO6/c1-23-17-9-12(10-18(24-2)20(17)25-3)8-16-19(22)14-5-4-13(26-7-6-21)11-15(14)27-16/h4-5,8-11H,7H2,1-3H3/b16-8+. The molecule has 27 heavy (non-hydrogen) atoms. The van der Waals surface area contributed by atoms with Crippen LogP contribution in [-0.4, -0.2) is 33.7 Å². The molecule has 0 spiro atoms. The largest absolute Gasteiger partial charge is 0.493 e. The minimum absolute atomic E-state index is 0.0825. The molecule has 0 aliphatic carbocycles. The van der Waals surface area contributed by atoms with E-state index < -0.39 is 0 Å². The van der Waals surface area contributed by atoms with Gasteiger partial charge in [-0.05, 0) is 35.9 Å². The van der Waals surface area contributed by atoms with Crippen LogP contribution < -0.4 is 23.7 Å². The normalized spacial score (nSPS) is 13.6. The lowest BCUT2D eigenvalue weighted by molar-refractivity contribution is 0.101. The van der Waals surface area contributed by atoms with Crippen LogP contribution >= 0.6 is 0 Å². The fourth-order valence-corrected chi connectivity index (χ4v) is 2.71. The van der Waals surface area contributed by atoms with E-state index in [4.69, 9.17) is 28.9 Å². The van der Waals surface area contributed by atoms with Gasteiger partial charge in [0.15, 0.2) is 23.9 Å². The van der Waals surface area contributed by atoms with Crippen LogP contribution in [0.1, 0.15) is 15.9 Å². The van der Waals surface area contributed by atoms with Crippen LogP contribution in [0.5, 0.6) is 28.7 Å². The van der Waals surface area contributed by atoms with Crippen molar-refractivity contribution >= 4 is 11.9 Å². The molecule has 0 saturated carbocycles. The second-order valence-corrected chi connectivity index (χ2v) is 5.50. The summed E-state index contributed by atoms with van der Waals surface area (Å²) in [5.41, 5.74) is 1.08. The first-order valence-electron chi connectivity index (χ1n) is 7.99. The Balaban J connectivity index is 1.94. The summed E-state index contributed by atoms with van der Waals surface area (Å²) in [5, 5.41) is 8.59. The molecule has 0 aromatic heterocycles. The van der Waals surface area contributed by atoms with Gasteiger partial charge in [-0.1, -0.05) is 0 Å². The summed E-state index contributed by atoms with van der Waals surface area (Å²) >= 11 is 0. The van der Waals surface area contributed by atoms with E-state index >= 15 is 0 Å². The van der Waals surface area contributed by atoms with Crippen molar-refractivity contribution in [1.29, 1.82) is 5.26 Å². The minimum Gasteiger partial charge on any atom is -0.493 e. The Morgan fingerprint density at radius 2 is 1.78 bits per heavy atom. The van der Waals surface area contributed by atoms with E-state index in [1.165, 1.54) is 21.3 Å². The van der Waals surface area contributed by atoms with Gasteiger partial charge in [-0.25, -0.2) is 0 Å². The molecule has 0 saturated heterocycles. The Morgan fingerprint density at radius 1 is 1.07 bits per heavy atom. The number of nitrogens with zero attached hydrogens (tertiary/aromatic N) is 1. The average molecular weight is 367 g/mol. The lowest BCUT2D eigenvalue weighted by Gasteiger charge is -2.13. The molecule has 138 valence electrons. The molecular weight excluding hydrogens is 350 g/mol. The highest BCUT2D eigenvalue weighted by atomic mass is 16.5. The van der Waals surface area contributed by atoms with Crippen LogP contribution in [0.2, 0.25) is 0 Å². The van der Waals surface area contributed by atoms with Gasteiger partial charge in [0.2, 0.25) is 11.5 Å². The zero-order chi connectivity index (χ0) is 19.4. The second-order valence-electron chi connectivity index (χ2n) is 5.50. The summed E-state index contributed by atoms with van der Waals surface area (Å²) in [4.78, 5) is 12.6. The van der Waals surface area contributed by atoms with Gasteiger partial charge in [0.25, 0.3) is 0 Å². The molecule has 0 radical (unpaired) electrons.